The zero-order valence-corrected chi connectivity index (χ0v) is 11.6. The van der Waals surface area contributed by atoms with Crippen molar-refractivity contribution in [3.05, 3.63) is 0 Å². The Labute approximate surface area is 103 Å². The lowest BCUT2D eigenvalue weighted by Gasteiger charge is -2.40. The minimum absolute atomic E-state index is 0.227. The average Bonchev–Trinajstić information content (AvgIpc) is 2.08. The lowest BCUT2D eigenvalue weighted by atomic mass is 9.80. The standard InChI is InChI=1S/C13H23NOS/c1-6-10-14(16(15)13(3,4)5)11(2)12-8-7-9-12/h1,11-12H,7-10H2,2-5H3/t11-,16?/m0/s1. The average molecular weight is 241 g/mol. The van der Waals surface area contributed by atoms with Gasteiger partial charge in [0.1, 0.15) is 11.3 Å². The van der Waals surface area contributed by atoms with Gasteiger partial charge in [0.25, 0.3) is 0 Å². The summed E-state index contributed by atoms with van der Waals surface area (Å²) in [7, 11) is 0. The van der Waals surface area contributed by atoms with Crippen LogP contribution in [0, 0.1) is 18.3 Å². The van der Waals surface area contributed by atoms with Gasteiger partial charge in [-0.25, -0.2) is 0 Å². The Bertz CT molecular complexity index is 262. The molecule has 1 saturated carbocycles. The molecule has 1 fully saturated rings. The lowest BCUT2D eigenvalue weighted by Crippen LogP contribution is -2.50. The monoisotopic (exact) mass is 241 g/mol. The van der Waals surface area contributed by atoms with Crippen molar-refractivity contribution >= 4 is 11.4 Å². The zero-order chi connectivity index (χ0) is 12.3. The lowest BCUT2D eigenvalue weighted by molar-refractivity contribution is 0.182. The molecule has 0 amide bonds. The Balaban J connectivity index is 2.69. The summed E-state index contributed by atoms with van der Waals surface area (Å²) >= 11 is -1.00. The third-order valence-electron chi connectivity index (χ3n) is 3.27. The molecule has 0 aromatic heterocycles. The third-order valence-corrected chi connectivity index (χ3v) is 5.21. The molecule has 0 saturated heterocycles. The zero-order valence-electron chi connectivity index (χ0n) is 10.8. The first kappa shape index (κ1) is 13.9. The van der Waals surface area contributed by atoms with E-state index in [-0.39, 0.29) is 4.75 Å². The molecule has 1 aliphatic carbocycles. The third kappa shape index (κ3) is 3.16. The van der Waals surface area contributed by atoms with Crippen LogP contribution in [0.25, 0.3) is 0 Å². The van der Waals surface area contributed by atoms with Crippen LogP contribution in [0.1, 0.15) is 47.0 Å². The quantitative estimate of drug-likeness (QED) is 0.558. The molecule has 0 spiro atoms. The van der Waals surface area contributed by atoms with Crippen molar-refractivity contribution in [2.45, 2.75) is 57.7 Å². The van der Waals surface area contributed by atoms with Gasteiger partial charge in [0.2, 0.25) is 0 Å². The predicted octanol–water partition coefficient (Wildman–Crippen LogP) is 2.57. The highest BCUT2D eigenvalue weighted by atomic mass is 32.2. The van der Waals surface area contributed by atoms with Crippen molar-refractivity contribution in [2.24, 2.45) is 5.92 Å². The van der Waals surface area contributed by atoms with Crippen LogP contribution in [0.5, 0.6) is 0 Å². The molecule has 0 radical (unpaired) electrons. The van der Waals surface area contributed by atoms with Crippen LogP contribution in [-0.2, 0) is 11.4 Å². The van der Waals surface area contributed by atoms with Crippen LogP contribution in [0.4, 0.5) is 0 Å². The fourth-order valence-electron chi connectivity index (χ4n) is 1.95. The van der Waals surface area contributed by atoms with E-state index in [9.17, 15) is 4.55 Å². The Kier molecular flexibility index (Phi) is 4.73. The van der Waals surface area contributed by atoms with Gasteiger partial charge in [0.05, 0.1) is 6.04 Å². The molecule has 0 aromatic rings. The van der Waals surface area contributed by atoms with E-state index in [0.717, 1.165) is 0 Å². The van der Waals surface area contributed by atoms with Crippen LogP contribution < -0.4 is 0 Å². The van der Waals surface area contributed by atoms with Crippen molar-refractivity contribution in [1.29, 1.82) is 0 Å². The van der Waals surface area contributed by atoms with Gasteiger partial charge in [-0.2, -0.15) is 0 Å². The highest BCUT2D eigenvalue weighted by Gasteiger charge is 2.39. The number of nitrogens with zero attached hydrogens (tertiary/aromatic N) is 1. The maximum atomic E-state index is 12.4. The van der Waals surface area contributed by atoms with Gasteiger partial charge >= 0.3 is 0 Å². The Morgan fingerprint density at radius 2 is 2.06 bits per heavy atom. The molecule has 2 atom stereocenters. The summed E-state index contributed by atoms with van der Waals surface area (Å²) in [5, 5.41) is 0. The molecular formula is C13H23NOS. The van der Waals surface area contributed by atoms with Gasteiger partial charge in [-0.05, 0) is 46.5 Å². The Morgan fingerprint density at radius 1 is 1.50 bits per heavy atom. The summed E-state index contributed by atoms with van der Waals surface area (Å²) in [6.07, 6.45) is 9.20. The SMILES string of the molecule is C#CCN([C@@H](C)C1CCC1)[S+]([O-])C(C)(C)C. The molecule has 2 nitrogen and oxygen atoms in total. The smallest absolute Gasteiger partial charge is 0.137 e. The van der Waals surface area contributed by atoms with E-state index in [4.69, 9.17) is 6.42 Å². The van der Waals surface area contributed by atoms with Gasteiger partial charge in [-0.15, -0.1) is 10.7 Å². The minimum atomic E-state index is -1.00. The van der Waals surface area contributed by atoms with E-state index >= 15 is 0 Å². The molecule has 0 aliphatic heterocycles. The molecule has 1 aliphatic rings. The summed E-state index contributed by atoms with van der Waals surface area (Å²) in [4.78, 5) is 0. The van der Waals surface area contributed by atoms with Gasteiger partial charge in [0.15, 0.2) is 0 Å². The van der Waals surface area contributed by atoms with Crippen LogP contribution >= 0.6 is 0 Å². The summed E-state index contributed by atoms with van der Waals surface area (Å²) in [5.41, 5.74) is 0. The predicted molar refractivity (Wildman–Crippen MR) is 70.2 cm³/mol. The molecule has 0 aromatic carbocycles. The fourth-order valence-corrected chi connectivity index (χ4v) is 3.32. The Morgan fingerprint density at radius 3 is 2.38 bits per heavy atom. The fraction of sp³-hybridized carbons (Fsp3) is 0.846. The minimum Gasteiger partial charge on any atom is -0.597 e. The molecule has 1 rings (SSSR count). The van der Waals surface area contributed by atoms with Gasteiger partial charge in [0, 0.05) is 11.4 Å². The number of rotatable bonds is 4. The molecule has 92 valence electrons. The second-order valence-electron chi connectivity index (χ2n) is 5.57. The maximum Gasteiger partial charge on any atom is 0.137 e. The summed E-state index contributed by atoms with van der Waals surface area (Å²) < 4.78 is 14.1. The van der Waals surface area contributed by atoms with Gasteiger partial charge < -0.3 is 4.55 Å². The van der Waals surface area contributed by atoms with Crippen LogP contribution in [0.2, 0.25) is 0 Å². The first-order valence-electron chi connectivity index (χ1n) is 6.00. The highest BCUT2D eigenvalue weighted by molar-refractivity contribution is 7.90. The second-order valence-corrected chi connectivity index (χ2v) is 7.76. The summed E-state index contributed by atoms with van der Waals surface area (Å²) in [6.45, 7) is 8.65. The first-order valence-corrected chi connectivity index (χ1v) is 7.10. The summed E-state index contributed by atoms with van der Waals surface area (Å²) in [6, 6.07) is 0.338. The van der Waals surface area contributed by atoms with Crippen molar-refractivity contribution in [1.82, 2.24) is 4.31 Å². The first-order chi connectivity index (χ1) is 7.38. The van der Waals surface area contributed by atoms with Crippen LogP contribution in [0.3, 0.4) is 0 Å². The molecule has 16 heavy (non-hydrogen) atoms. The largest absolute Gasteiger partial charge is 0.597 e. The Hall–Kier alpha value is -0.170. The van der Waals surface area contributed by atoms with Crippen molar-refractivity contribution in [3.8, 4) is 12.3 Å². The van der Waals surface area contributed by atoms with E-state index in [2.05, 4.69) is 12.8 Å². The van der Waals surface area contributed by atoms with E-state index in [1.807, 2.05) is 25.1 Å². The number of terminal acetylenes is 1. The molecule has 0 heterocycles. The highest BCUT2D eigenvalue weighted by Crippen LogP contribution is 2.34. The van der Waals surface area contributed by atoms with Gasteiger partial charge in [-0.3, -0.25) is 0 Å². The van der Waals surface area contributed by atoms with Crippen molar-refractivity contribution < 1.29 is 4.55 Å². The van der Waals surface area contributed by atoms with E-state index < -0.39 is 11.4 Å². The topological polar surface area (TPSA) is 26.3 Å². The normalized spacial score (nSPS) is 21.3. The van der Waals surface area contributed by atoms with Crippen LogP contribution in [-0.4, -0.2) is 26.2 Å². The number of hydrogen-bond donors (Lipinski definition) is 0. The van der Waals surface area contributed by atoms with Crippen LogP contribution in [0.15, 0.2) is 0 Å². The molecular weight excluding hydrogens is 218 g/mol. The molecule has 0 N–H and O–H groups in total. The summed E-state index contributed by atoms with van der Waals surface area (Å²) in [5.74, 6) is 3.32. The van der Waals surface area contributed by atoms with E-state index in [1.165, 1.54) is 19.3 Å². The molecule has 1 unspecified atom stereocenters. The number of hydrogen-bond acceptors (Lipinski definition) is 2. The van der Waals surface area contributed by atoms with Crippen molar-refractivity contribution in [3.63, 3.8) is 0 Å². The van der Waals surface area contributed by atoms with Gasteiger partial charge in [-0.1, -0.05) is 12.3 Å². The van der Waals surface area contributed by atoms with E-state index in [1.54, 1.807) is 0 Å². The molecule has 0 bridgehead atoms. The van der Waals surface area contributed by atoms with E-state index in [0.29, 0.717) is 18.5 Å². The van der Waals surface area contributed by atoms with Crippen molar-refractivity contribution in [2.75, 3.05) is 6.54 Å². The second kappa shape index (κ2) is 5.44. The maximum absolute atomic E-state index is 12.4. The molecule has 3 heteroatoms.